The van der Waals surface area contributed by atoms with Crippen LogP contribution in [0.1, 0.15) is 36.5 Å². The first-order valence-corrected chi connectivity index (χ1v) is 14.7. The zero-order chi connectivity index (χ0) is 31.5. The highest BCUT2D eigenvalue weighted by Gasteiger charge is 2.46. The summed E-state index contributed by atoms with van der Waals surface area (Å²) in [6.07, 6.45) is 8.59. The van der Waals surface area contributed by atoms with Crippen LogP contribution in [0, 0.1) is 28.8 Å². The van der Waals surface area contributed by atoms with Crippen molar-refractivity contribution < 1.29 is 37.3 Å². The van der Waals surface area contributed by atoms with Crippen molar-refractivity contribution in [1.82, 2.24) is 14.8 Å². The average Bonchev–Trinajstić information content (AvgIpc) is 3.52. The van der Waals surface area contributed by atoms with E-state index >= 15 is 4.39 Å². The Morgan fingerprint density at radius 1 is 1.23 bits per heavy atom. The molecule has 44 heavy (non-hydrogen) atoms. The van der Waals surface area contributed by atoms with E-state index in [-0.39, 0.29) is 55.6 Å². The van der Waals surface area contributed by atoms with Crippen LogP contribution in [0.25, 0.3) is 6.08 Å². The van der Waals surface area contributed by atoms with Gasteiger partial charge in [0.05, 0.1) is 36.6 Å². The van der Waals surface area contributed by atoms with E-state index in [1.165, 1.54) is 47.3 Å². The van der Waals surface area contributed by atoms with Crippen LogP contribution >= 0.6 is 11.8 Å². The Morgan fingerprint density at radius 2 is 2.02 bits per heavy atom. The second-order valence-electron chi connectivity index (χ2n) is 9.94. The largest absolute Gasteiger partial charge is 0.451 e. The summed E-state index contributed by atoms with van der Waals surface area (Å²) in [4.78, 5) is 16.9. The number of aliphatic hydroxyl groups excluding tert-OH is 1. The zero-order valence-corrected chi connectivity index (χ0v) is 24.6. The zero-order valence-electron chi connectivity index (χ0n) is 23.8. The molecule has 232 valence electrons. The van der Waals surface area contributed by atoms with Gasteiger partial charge in [-0.1, -0.05) is 24.3 Å². The molecule has 0 amide bonds. The summed E-state index contributed by atoms with van der Waals surface area (Å²) in [6, 6.07) is 9.18. The van der Waals surface area contributed by atoms with E-state index in [2.05, 4.69) is 10.1 Å². The minimum atomic E-state index is -1.63. The number of nitriles is 1. The Hall–Kier alpha value is -3.96. The van der Waals surface area contributed by atoms with E-state index in [1.54, 1.807) is 31.2 Å². The highest BCUT2D eigenvalue weighted by atomic mass is 32.2. The second-order valence-corrected chi connectivity index (χ2v) is 11.6. The van der Waals surface area contributed by atoms with Gasteiger partial charge in [0.25, 0.3) is 0 Å². The minimum absolute atomic E-state index is 0.0318. The molecule has 2 aromatic carbocycles. The van der Waals surface area contributed by atoms with Crippen LogP contribution in [0.3, 0.4) is 0 Å². The number of carbonyl (C=O) groups is 1. The predicted molar refractivity (Wildman–Crippen MR) is 156 cm³/mol. The number of nitrogens with zero attached hydrogens (tertiary/aromatic N) is 4. The van der Waals surface area contributed by atoms with E-state index in [9.17, 15) is 18.7 Å². The molecule has 9 nitrogen and oxygen atoms in total. The molecule has 1 N–H and O–H groups in total. The normalized spacial score (nSPS) is 19.1. The number of benzene rings is 2. The van der Waals surface area contributed by atoms with Gasteiger partial charge < -0.3 is 19.3 Å². The van der Waals surface area contributed by atoms with Crippen LogP contribution in [0.2, 0.25) is 0 Å². The molecule has 1 fully saturated rings. The number of halogens is 3. The molecule has 1 saturated heterocycles. The van der Waals surface area contributed by atoms with Gasteiger partial charge in [-0.3, -0.25) is 4.79 Å². The lowest BCUT2D eigenvalue weighted by Gasteiger charge is -2.40. The molecule has 0 aliphatic carbocycles. The van der Waals surface area contributed by atoms with Crippen molar-refractivity contribution in [2.75, 3.05) is 19.8 Å². The average molecular weight is 629 g/mol. The van der Waals surface area contributed by atoms with Gasteiger partial charge in [-0.2, -0.15) is 10.4 Å². The molecular formula is C31H31F3N4O5S. The number of esters is 1. The van der Waals surface area contributed by atoms with Crippen molar-refractivity contribution in [3.05, 3.63) is 101 Å². The maximum atomic E-state index is 15.4. The van der Waals surface area contributed by atoms with Crippen LogP contribution in [0.15, 0.2) is 67.3 Å². The van der Waals surface area contributed by atoms with Crippen molar-refractivity contribution in [2.45, 2.75) is 48.7 Å². The Morgan fingerprint density at radius 3 is 2.68 bits per heavy atom. The maximum absolute atomic E-state index is 15.4. The molecule has 1 aliphatic heterocycles. The molecule has 0 saturated carbocycles. The summed E-state index contributed by atoms with van der Waals surface area (Å²) >= 11 is 1.35. The Balaban J connectivity index is 1.47. The molecule has 4 rings (SSSR count). The monoisotopic (exact) mass is 628 g/mol. The fraction of sp³-hybridized carbons (Fsp3) is 0.355. The Kier molecular flexibility index (Phi) is 11.7. The maximum Gasteiger partial charge on any atom is 0.306 e. The molecule has 1 aromatic heterocycles. The van der Waals surface area contributed by atoms with Crippen LogP contribution < -0.4 is 0 Å². The van der Waals surface area contributed by atoms with Crippen molar-refractivity contribution >= 4 is 23.8 Å². The Labute approximate surface area is 257 Å². The SMILES string of the molecule is C[C@@H](SC1COC(/C=C/C=C/c2ccc(C#N)cc2F)OC1)[C@@](Cn1cncn1)(OC(=O)CCCO)c1ccc(F)cc1F. The summed E-state index contributed by atoms with van der Waals surface area (Å²) in [7, 11) is 0. The molecule has 2 atom stereocenters. The van der Waals surface area contributed by atoms with E-state index in [0.29, 0.717) is 5.56 Å². The number of hydrogen-bond acceptors (Lipinski definition) is 9. The molecule has 0 bridgehead atoms. The van der Waals surface area contributed by atoms with Crippen molar-refractivity contribution in [1.29, 1.82) is 5.26 Å². The fourth-order valence-electron chi connectivity index (χ4n) is 4.60. The standard InChI is InChI=1S/C31H31F3N4O5S/c1-21(44-25-16-41-30(42-17-25)7-3-2-5-23-9-8-22(15-35)13-27(23)33)31(18-38-20-36-19-37-38,43-29(40)6-4-12-39)26-11-10-24(32)14-28(26)34/h2-3,5,7-11,13-14,19-21,25,30,39H,4,6,12,16-18H2,1H3/b5-2+,7-3+/t21-,25?,30?,31-/m1/s1. The summed E-state index contributed by atoms with van der Waals surface area (Å²) in [6.45, 7) is 1.93. The lowest BCUT2D eigenvalue weighted by molar-refractivity contribution is -0.164. The summed E-state index contributed by atoms with van der Waals surface area (Å²) in [5.41, 5.74) is -1.10. The summed E-state index contributed by atoms with van der Waals surface area (Å²) < 4.78 is 62.4. The van der Waals surface area contributed by atoms with E-state index in [1.807, 2.05) is 6.07 Å². The van der Waals surface area contributed by atoms with Crippen molar-refractivity contribution in [3.8, 4) is 6.07 Å². The molecule has 0 unspecified atom stereocenters. The number of rotatable bonds is 13. The Bertz CT molecular complexity index is 1510. The van der Waals surface area contributed by atoms with Gasteiger partial charge in [-0.15, -0.1) is 11.8 Å². The minimum Gasteiger partial charge on any atom is -0.451 e. The van der Waals surface area contributed by atoms with Gasteiger partial charge in [0.2, 0.25) is 0 Å². The van der Waals surface area contributed by atoms with Crippen molar-refractivity contribution in [3.63, 3.8) is 0 Å². The van der Waals surface area contributed by atoms with Gasteiger partial charge in [0.15, 0.2) is 11.9 Å². The number of aromatic nitrogens is 3. The number of thioether (sulfide) groups is 1. The summed E-state index contributed by atoms with van der Waals surface area (Å²) in [5.74, 6) is -2.83. The quantitative estimate of drug-likeness (QED) is 0.208. The molecule has 0 spiro atoms. The van der Waals surface area contributed by atoms with Gasteiger partial charge in [-0.25, -0.2) is 22.8 Å². The first-order valence-electron chi connectivity index (χ1n) is 13.8. The van der Waals surface area contributed by atoms with Gasteiger partial charge in [-0.05, 0) is 43.7 Å². The predicted octanol–water partition coefficient (Wildman–Crippen LogP) is 4.91. The molecule has 3 aromatic rings. The highest BCUT2D eigenvalue weighted by Crippen LogP contribution is 2.42. The summed E-state index contributed by atoms with van der Waals surface area (Å²) in [5, 5.41) is 21.3. The number of allylic oxidation sites excluding steroid dienone is 2. The molecule has 2 heterocycles. The third-order valence-electron chi connectivity index (χ3n) is 6.82. The lowest BCUT2D eigenvalue weighted by atomic mass is 9.89. The first-order chi connectivity index (χ1) is 21.2. The molecule has 13 heteroatoms. The van der Waals surface area contributed by atoms with Crippen molar-refractivity contribution in [2.24, 2.45) is 0 Å². The third-order valence-corrected chi connectivity index (χ3v) is 8.26. The van der Waals surface area contributed by atoms with E-state index in [0.717, 1.165) is 18.2 Å². The molecular weight excluding hydrogens is 597 g/mol. The number of carbonyl (C=O) groups excluding carboxylic acids is 1. The lowest BCUT2D eigenvalue weighted by Crippen LogP contribution is -2.47. The third kappa shape index (κ3) is 8.57. The van der Waals surface area contributed by atoms with E-state index in [4.69, 9.17) is 19.5 Å². The highest BCUT2D eigenvalue weighted by molar-refractivity contribution is 8.00. The fourth-order valence-corrected chi connectivity index (χ4v) is 5.96. The van der Waals surface area contributed by atoms with Gasteiger partial charge in [0, 0.05) is 35.5 Å². The first kappa shape index (κ1) is 32.9. The van der Waals surface area contributed by atoms with Crippen LogP contribution in [0.4, 0.5) is 13.2 Å². The van der Waals surface area contributed by atoms with E-state index < -0.39 is 40.6 Å². The number of ether oxygens (including phenoxy) is 3. The molecule has 0 radical (unpaired) electrons. The second kappa shape index (κ2) is 15.7. The topological polar surface area (TPSA) is 119 Å². The molecule has 1 aliphatic rings. The van der Waals surface area contributed by atoms with Gasteiger partial charge >= 0.3 is 5.97 Å². The van der Waals surface area contributed by atoms with Crippen LogP contribution in [-0.4, -0.2) is 62.5 Å². The van der Waals surface area contributed by atoms with Crippen LogP contribution in [0.5, 0.6) is 0 Å². The van der Waals surface area contributed by atoms with Crippen LogP contribution in [-0.2, 0) is 31.2 Å². The number of hydrogen-bond donors (Lipinski definition) is 1. The number of aliphatic hydroxyl groups is 1. The van der Waals surface area contributed by atoms with Gasteiger partial charge in [0.1, 0.15) is 30.1 Å². The smallest absolute Gasteiger partial charge is 0.306 e.